The molecule has 30 heavy (non-hydrogen) atoms. The van der Waals surface area contributed by atoms with E-state index in [2.05, 4.69) is 36.5 Å². The van der Waals surface area contributed by atoms with Gasteiger partial charge in [-0.2, -0.15) is 0 Å². The summed E-state index contributed by atoms with van der Waals surface area (Å²) in [5, 5.41) is 20.0. The molecule has 162 valence electrons. The Labute approximate surface area is 186 Å². The topological polar surface area (TPSA) is 95.9 Å². The Morgan fingerprint density at radius 1 is 1.07 bits per heavy atom. The molecule has 0 saturated carbocycles. The summed E-state index contributed by atoms with van der Waals surface area (Å²) < 4.78 is 6.11. The van der Waals surface area contributed by atoms with Gasteiger partial charge in [-0.25, -0.2) is 9.59 Å². The van der Waals surface area contributed by atoms with E-state index in [1.165, 1.54) is 11.1 Å². The molecule has 0 heterocycles. The van der Waals surface area contributed by atoms with Crippen molar-refractivity contribution in [3.63, 3.8) is 0 Å². The van der Waals surface area contributed by atoms with Gasteiger partial charge in [-0.1, -0.05) is 53.0 Å². The van der Waals surface area contributed by atoms with Crippen molar-refractivity contribution < 1.29 is 24.5 Å². The second-order valence-electron chi connectivity index (χ2n) is 6.41. The summed E-state index contributed by atoms with van der Waals surface area (Å²) in [6.07, 6.45) is 2.90. The van der Waals surface area contributed by atoms with Crippen molar-refractivity contribution in [1.29, 1.82) is 0 Å². The van der Waals surface area contributed by atoms with Crippen molar-refractivity contribution in [2.24, 2.45) is 0 Å². The highest BCUT2D eigenvalue weighted by molar-refractivity contribution is 6.34. The van der Waals surface area contributed by atoms with Crippen molar-refractivity contribution in [1.82, 2.24) is 5.32 Å². The summed E-state index contributed by atoms with van der Waals surface area (Å²) in [4.78, 5) is 19.1. The van der Waals surface area contributed by atoms with E-state index >= 15 is 0 Å². The van der Waals surface area contributed by atoms with Crippen LogP contribution in [-0.4, -0.2) is 41.8 Å². The van der Waals surface area contributed by atoms with E-state index in [0.29, 0.717) is 27.9 Å². The summed E-state index contributed by atoms with van der Waals surface area (Å²) in [5.41, 5.74) is 2.51. The number of benzene rings is 2. The van der Waals surface area contributed by atoms with Crippen LogP contribution >= 0.6 is 23.2 Å². The summed E-state index contributed by atoms with van der Waals surface area (Å²) in [7, 11) is 1.94. The second kappa shape index (κ2) is 13.6. The molecule has 0 unspecified atom stereocenters. The zero-order valence-corrected chi connectivity index (χ0v) is 18.3. The number of carboxylic acid groups (broad SMARTS) is 2. The fourth-order valence-electron chi connectivity index (χ4n) is 2.38. The molecule has 1 atom stereocenters. The Morgan fingerprint density at radius 2 is 1.67 bits per heavy atom. The smallest absolute Gasteiger partial charge is 0.328 e. The maximum atomic E-state index is 9.55. The van der Waals surface area contributed by atoms with Crippen LogP contribution in [0.25, 0.3) is 0 Å². The maximum absolute atomic E-state index is 9.55. The summed E-state index contributed by atoms with van der Waals surface area (Å²) in [5.74, 6) is -1.87. The molecule has 0 spiro atoms. The molecular weight excluding hydrogens is 429 g/mol. The molecule has 3 N–H and O–H groups in total. The summed E-state index contributed by atoms with van der Waals surface area (Å²) >= 11 is 12.2. The second-order valence-corrected chi connectivity index (χ2v) is 7.25. The third-order valence-corrected chi connectivity index (χ3v) is 4.40. The van der Waals surface area contributed by atoms with Gasteiger partial charge < -0.3 is 20.3 Å². The molecule has 0 amide bonds. The van der Waals surface area contributed by atoms with E-state index in [0.717, 1.165) is 19.4 Å². The van der Waals surface area contributed by atoms with E-state index in [9.17, 15) is 9.59 Å². The molecule has 0 bridgehead atoms. The van der Waals surface area contributed by atoms with Crippen LogP contribution in [0.2, 0.25) is 10.0 Å². The number of hydrogen-bond donors (Lipinski definition) is 3. The molecule has 8 heteroatoms. The normalized spacial score (nSPS) is 11.5. The lowest BCUT2D eigenvalue weighted by Crippen LogP contribution is -2.25. The van der Waals surface area contributed by atoms with E-state index in [1.54, 1.807) is 18.2 Å². The number of halogens is 2. The van der Waals surface area contributed by atoms with E-state index < -0.39 is 11.9 Å². The Bertz CT molecular complexity index is 837. The molecule has 0 aliphatic rings. The average molecular weight is 454 g/mol. The largest absolute Gasteiger partial charge is 0.488 e. The van der Waals surface area contributed by atoms with Crippen LogP contribution < -0.4 is 10.1 Å². The first-order valence-corrected chi connectivity index (χ1v) is 9.92. The SMILES string of the molecule is CNCC[C@H](Cc1ccc(C)cc1)Oc1cc(Cl)ccc1Cl.O=C(O)/C=C/C(=O)O. The van der Waals surface area contributed by atoms with Gasteiger partial charge in [0.15, 0.2) is 0 Å². The van der Waals surface area contributed by atoms with Gasteiger partial charge in [0.1, 0.15) is 11.9 Å². The molecule has 2 aromatic carbocycles. The molecule has 0 aliphatic heterocycles. The van der Waals surface area contributed by atoms with Crippen LogP contribution in [0, 0.1) is 6.92 Å². The lowest BCUT2D eigenvalue weighted by atomic mass is 10.0. The zero-order chi connectivity index (χ0) is 22.5. The van der Waals surface area contributed by atoms with Crippen LogP contribution in [-0.2, 0) is 16.0 Å². The predicted octanol–water partition coefficient (Wildman–Crippen LogP) is 4.61. The Balaban J connectivity index is 0.000000479. The molecule has 0 radical (unpaired) electrons. The number of rotatable bonds is 9. The van der Waals surface area contributed by atoms with Crippen LogP contribution in [0.1, 0.15) is 17.5 Å². The third kappa shape index (κ3) is 10.9. The molecule has 0 aliphatic carbocycles. The number of hydrogen-bond acceptors (Lipinski definition) is 4. The minimum atomic E-state index is -1.26. The highest BCUT2D eigenvalue weighted by Gasteiger charge is 2.14. The third-order valence-electron chi connectivity index (χ3n) is 3.86. The first-order chi connectivity index (χ1) is 14.2. The number of aryl methyl sites for hydroxylation is 1. The molecular formula is C22H25Cl2NO5. The first kappa shape index (κ1) is 25.5. The van der Waals surface area contributed by atoms with Gasteiger partial charge in [-0.15, -0.1) is 0 Å². The molecule has 0 aromatic heterocycles. The van der Waals surface area contributed by atoms with Crippen LogP contribution in [0.15, 0.2) is 54.6 Å². The molecule has 0 saturated heterocycles. The molecule has 6 nitrogen and oxygen atoms in total. The minimum absolute atomic E-state index is 0.0473. The highest BCUT2D eigenvalue weighted by atomic mass is 35.5. The lowest BCUT2D eigenvalue weighted by Gasteiger charge is -2.20. The van der Waals surface area contributed by atoms with E-state index in [4.69, 9.17) is 38.2 Å². The molecule has 2 aromatic rings. The van der Waals surface area contributed by atoms with Gasteiger partial charge in [0, 0.05) is 29.7 Å². The van der Waals surface area contributed by atoms with Crippen molar-refractivity contribution in [3.05, 3.63) is 75.8 Å². The Morgan fingerprint density at radius 3 is 2.20 bits per heavy atom. The fourth-order valence-corrected chi connectivity index (χ4v) is 2.71. The van der Waals surface area contributed by atoms with Gasteiger partial charge in [-0.05, 0) is 44.6 Å². The average Bonchev–Trinajstić information content (AvgIpc) is 2.69. The standard InChI is InChI=1S/C18H21Cl2NO.C4H4O4/c1-13-3-5-14(6-4-13)11-16(9-10-21-2)22-18-12-15(19)7-8-17(18)20;5-3(6)1-2-4(7)8/h3-8,12,16,21H,9-11H2,1-2H3;1-2H,(H,5,6)(H,7,8)/b;2-1+/t16-;/m1./s1. The van der Waals surface area contributed by atoms with Crippen LogP contribution in [0.4, 0.5) is 0 Å². The summed E-state index contributed by atoms with van der Waals surface area (Å²) in [6, 6.07) is 13.8. The number of aliphatic carboxylic acids is 2. The van der Waals surface area contributed by atoms with Gasteiger partial charge >= 0.3 is 11.9 Å². The Kier molecular flexibility index (Phi) is 11.6. The fraction of sp³-hybridized carbons (Fsp3) is 0.273. The van der Waals surface area contributed by atoms with E-state index in [-0.39, 0.29) is 6.10 Å². The molecule has 2 rings (SSSR count). The lowest BCUT2D eigenvalue weighted by molar-refractivity contribution is -0.134. The number of carbonyl (C=O) groups is 2. The van der Waals surface area contributed by atoms with Crippen molar-refractivity contribution >= 4 is 35.1 Å². The highest BCUT2D eigenvalue weighted by Crippen LogP contribution is 2.29. The van der Waals surface area contributed by atoms with Crippen molar-refractivity contribution in [2.45, 2.75) is 25.9 Å². The minimum Gasteiger partial charge on any atom is -0.488 e. The quantitative estimate of drug-likeness (QED) is 0.479. The molecule has 0 fully saturated rings. The number of ether oxygens (including phenoxy) is 1. The van der Waals surface area contributed by atoms with Gasteiger partial charge in [-0.3, -0.25) is 0 Å². The first-order valence-electron chi connectivity index (χ1n) is 9.17. The maximum Gasteiger partial charge on any atom is 0.328 e. The predicted molar refractivity (Wildman–Crippen MR) is 119 cm³/mol. The van der Waals surface area contributed by atoms with Crippen LogP contribution in [0.3, 0.4) is 0 Å². The Hall–Kier alpha value is -2.54. The number of carboxylic acids is 2. The van der Waals surface area contributed by atoms with Gasteiger partial charge in [0.2, 0.25) is 0 Å². The van der Waals surface area contributed by atoms with E-state index in [1.807, 2.05) is 7.05 Å². The van der Waals surface area contributed by atoms with Gasteiger partial charge in [0.25, 0.3) is 0 Å². The number of nitrogens with one attached hydrogen (secondary N) is 1. The van der Waals surface area contributed by atoms with Gasteiger partial charge in [0.05, 0.1) is 5.02 Å². The van der Waals surface area contributed by atoms with Crippen molar-refractivity contribution in [3.8, 4) is 5.75 Å². The van der Waals surface area contributed by atoms with Crippen molar-refractivity contribution in [2.75, 3.05) is 13.6 Å². The van der Waals surface area contributed by atoms with Crippen LogP contribution in [0.5, 0.6) is 5.75 Å². The zero-order valence-electron chi connectivity index (χ0n) is 16.8. The monoisotopic (exact) mass is 453 g/mol. The summed E-state index contributed by atoms with van der Waals surface area (Å²) in [6.45, 7) is 2.97.